The average Bonchev–Trinajstić information content (AvgIpc) is 2.40. The predicted molar refractivity (Wildman–Crippen MR) is 72.0 cm³/mol. The number of piperazine rings is 1. The van der Waals surface area contributed by atoms with Crippen molar-refractivity contribution in [2.45, 2.75) is 32.0 Å². The maximum atomic E-state index is 11.3. The Labute approximate surface area is 115 Å². The van der Waals surface area contributed by atoms with E-state index in [0.717, 1.165) is 32.7 Å². The van der Waals surface area contributed by atoms with Gasteiger partial charge in [-0.1, -0.05) is 0 Å². The van der Waals surface area contributed by atoms with Crippen molar-refractivity contribution >= 4 is 6.16 Å². The molecule has 0 radical (unpaired) electrons. The molecule has 0 aromatic carbocycles. The third kappa shape index (κ3) is 4.33. The normalized spacial score (nSPS) is 27.2. The van der Waals surface area contributed by atoms with Crippen molar-refractivity contribution in [3.8, 4) is 0 Å². The molecule has 0 spiro atoms. The monoisotopic (exact) mass is 271 g/mol. The van der Waals surface area contributed by atoms with Crippen LogP contribution in [0.15, 0.2) is 0 Å². The van der Waals surface area contributed by atoms with Crippen LogP contribution in [0.25, 0.3) is 0 Å². The molecule has 0 amide bonds. The molecular weight excluding hydrogens is 246 g/mol. The highest BCUT2D eigenvalue weighted by atomic mass is 16.7. The van der Waals surface area contributed by atoms with Crippen molar-refractivity contribution in [3.63, 3.8) is 0 Å². The van der Waals surface area contributed by atoms with Gasteiger partial charge in [0.15, 0.2) is 6.23 Å². The van der Waals surface area contributed by atoms with Gasteiger partial charge in [0, 0.05) is 25.7 Å². The molecule has 0 aliphatic carbocycles. The smallest absolute Gasteiger partial charge is 0.435 e. The van der Waals surface area contributed by atoms with Crippen LogP contribution in [0.1, 0.15) is 19.8 Å². The van der Waals surface area contributed by atoms with Crippen LogP contribution in [-0.4, -0.2) is 74.6 Å². The molecule has 19 heavy (non-hydrogen) atoms. The van der Waals surface area contributed by atoms with E-state index in [2.05, 4.69) is 22.2 Å². The zero-order valence-electron chi connectivity index (χ0n) is 11.9. The van der Waals surface area contributed by atoms with Crippen LogP contribution in [0.4, 0.5) is 4.79 Å². The summed E-state index contributed by atoms with van der Waals surface area (Å²) in [5.41, 5.74) is 0. The minimum Gasteiger partial charge on any atom is -0.435 e. The lowest BCUT2D eigenvalue weighted by molar-refractivity contribution is -0.0268. The van der Waals surface area contributed by atoms with Crippen LogP contribution in [0.2, 0.25) is 0 Å². The molecule has 2 aliphatic heterocycles. The molecule has 0 aromatic rings. The molecule has 2 fully saturated rings. The fourth-order valence-corrected chi connectivity index (χ4v) is 2.78. The molecule has 1 atom stereocenters. The van der Waals surface area contributed by atoms with Gasteiger partial charge in [0.1, 0.15) is 0 Å². The zero-order chi connectivity index (χ0) is 13.7. The highest BCUT2D eigenvalue weighted by Gasteiger charge is 2.29. The summed E-state index contributed by atoms with van der Waals surface area (Å²) in [6, 6.07) is 0.617. The second kappa shape index (κ2) is 7.07. The lowest BCUT2D eigenvalue weighted by atomic mass is 10.0. The first kappa shape index (κ1) is 14.6. The highest BCUT2D eigenvalue weighted by molar-refractivity contribution is 5.60. The molecule has 2 saturated heterocycles. The molecule has 0 unspecified atom stereocenters. The van der Waals surface area contributed by atoms with E-state index in [4.69, 9.17) is 9.47 Å². The minimum atomic E-state index is -0.578. The van der Waals surface area contributed by atoms with E-state index in [1.54, 1.807) is 6.92 Å². The van der Waals surface area contributed by atoms with E-state index in [-0.39, 0.29) is 6.23 Å². The summed E-state index contributed by atoms with van der Waals surface area (Å²) in [5, 5.41) is 3.21. The van der Waals surface area contributed by atoms with Crippen LogP contribution < -0.4 is 5.32 Å². The van der Waals surface area contributed by atoms with Gasteiger partial charge in [-0.2, -0.15) is 0 Å². The summed E-state index contributed by atoms with van der Waals surface area (Å²) in [6.07, 6.45) is 1.57. The first-order chi connectivity index (χ1) is 9.19. The number of hydrogen-bond donors (Lipinski definition) is 1. The number of ether oxygens (including phenoxy) is 2. The first-order valence-electron chi connectivity index (χ1n) is 7.18. The number of carbonyl (C=O) groups is 1. The average molecular weight is 271 g/mol. The Hall–Kier alpha value is -0.850. The lowest BCUT2D eigenvalue weighted by Gasteiger charge is -2.41. The number of nitrogens with one attached hydrogen (secondary N) is 1. The first-order valence-corrected chi connectivity index (χ1v) is 7.18. The Morgan fingerprint density at radius 1 is 1.32 bits per heavy atom. The number of carbonyl (C=O) groups excluding carboxylic acids is 1. The molecule has 6 nitrogen and oxygen atoms in total. The Kier molecular flexibility index (Phi) is 5.42. The van der Waals surface area contributed by atoms with Gasteiger partial charge < -0.3 is 14.4 Å². The number of rotatable bonds is 3. The minimum absolute atomic E-state index is 0.243. The number of nitrogens with zero attached hydrogens (tertiary/aromatic N) is 2. The van der Waals surface area contributed by atoms with Gasteiger partial charge in [0.2, 0.25) is 0 Å². The Morgan fingerprint density at radius 3 is 2.74 bits per heavy atom. The van der Waals surface area contributed by atoms with Crippen LogP contribution in [0.5, 0.6) is 0 Å². The molecule has 2 heterocycles. The van der Waals surface area contributed by atoms with Crippen molar-refractivity contribution in [1.29, 1.82) is 0 Å². The molecule has 0 saturated carbocycles. The van der Waals surface area contributed by atoms with E-state index < -0.39 is 6.16 Å². The topological polar surface area (TPSA) is 54.0 Å². The van der Waals surface area contributed by atoms with Crippen molar-refractivity contribution < 1.29 is 14.3 Å². The van der Waals surface area contributed by atoms with Crippen LogP contribution in [0.3, 0.4) is 0 Å². The lowest BCUT2D eigenvalue weighted by Crippen LogP contribution is -2.57. The summed E-state index contributed by atoms with van der Waals surface area (Å²) >= 11 is 0. The van der Waals surface area contributed by atoms with Gasteiger partial charge in [0.05, 0.1) is 6.61 Å². The maximum Gasteiger partial charge on any atom is 0.509 e. The van der Waals surface area contributed by atoms with Gasteiger partial charge in [-0.05, 0) is 39.9 Å². The van der Waals surface area contributed by atoms with E-state index in [1.807, 2.05) is 0 Å². The summed E-state index contributed by atoms with van der Waals surface area (Å²) in [5.74, 6) is 0. The molecule has 1 N–H and O–H groups in total. The van der Waals surface area contributed by atoms with Crippen molar-refractivity contribution in [2.24, 2.45) is 0 Å². The number of hydrogen-bond acceptors (Lipinski definition) is 6. The maximum absolute atomic E-state index is 11.3. The molecule has 110 valence electrons. The highest BCUT2D eigenvalue weighted by Crippen LogP contribution is 2.17. The zero-order valence-corrected chi connectivity index (χ0v) is 11.9. The summed E-state index contributed by atoms with van der Waals surface area (Å²) in [4.78, 5) is 16.1. The van der Waals surface area contributed by atoms with Gasteiger partial charge in [-0.25, -0.2) is 4.79 Å². The van der Waals surface area contributed by atoms with E-state index in [0.29, 0.717) is 12.6 Å². The quantitative estimate of drug-likeness (QED) is 0.754. The standard InChI is InChI=1S/C13H25N3O3/c1-3-18-13(17)19-12-10-16(9-6-14-12)11-4-7-15(2)8-5-11/h11-12,14H,3-10H2,1-2H3/t12-/m0/s1. The summed E-state index contributed by atoms with van der Waals surface area (Å²) in [6.45, 7) is 7.07. The SMILES string of the molecule is CCOC(=O)O[C@H]1CN(C2CCN(C)CC2)CCN1. The fourth-order valence-electron chi connectivity index (χ4n) is 2.78. The molecular formula is C13H25N3O3. The summed E-state index contributed by atoms with van der Waals surface area (Å²) in [7, 11) is 2.17. The Morgan fingerprint density at radius 2 is 2.05 bits per heavy atom. The number of piperidine rings is 1. The van der Waals surface area contributed by atoms with Gasteiger partial charge in [-0.3, -0.25) is 10.2 Å². The Balaban J connectivity index is 1.78. The van der Waals surface area contributed by atoms with Crippen molar-refractivity contribution in [3.05, 3.63) is 0 Å². The second-order valence-electron chi connectivity index (χ2n) is 5.27. The van der Waals surface area contributed by atoms with E-state index in [9.17, 15) is 4.79 Å². The molecule has 2 aliphatic rings. The van der Waals surface area contributed by atoms with Crippen molar-refractivity contribution in [1.82, 2.24) is 15.1 Å². The molecule has 0 bridgehead atoms. The summed E-state index contributed by atoms with van der Waals surface area (Å²) < 4.78 is 10.1. The van der Waals surface area contributed by atoms with Gasteiger partial charge in [-0.15, -0.1) is 0 Å². The van der Waals surface area contributed by atoms with Crippen LogP contribution >= 0.6 is 0 Å². The van der Waals surface area contributed by atoms with E-state index >= 15 is 0 Å². The molecule has 6 heteroatoms. The van der Waals surface area contributed by atoms with E-state index in [1.165, 1.54) is 12.8 Å². The van der Waals surface area contributed by atoms with Gasteiger partial charge in [0.25, 0.3) is 0 Å². The van der Waals surface area contributed by atoms with Crippen LogP contribution in [-0.2, 0) is 9.47 Å². The van der Waals surface area contributed by atoms with Crippen LogP contribution in [0, 0.1) is 0 Å². The Bertz CT molecular complexity index is 293. The van der Waals surface area contributed by atoms with Gasteiger partial charge >= 0.3 is 6.16 Å². The third-order valence-corrected chi connectivity index (χ3v) is 3.88. The largest absolute Gasteiger partial charge is 0.509 e. The molecule has 0 aromatic heterocycles. The number of likely N-dealkylation sites (tertiary alicyclic amines) is 1. The van der Waals surface area contributed by atoms with Crippen molar-refractivity contribution in [2.75, 3.05) is 46.4 Å². The molecule has 2 rings (SSSR count). The predicted octanol–water partition coefficient (Wildman–Crippen LogP) is 0.485. The fraction of sp³-hybridized carbons (Fsp3) is 0.923. The second-order valence-corrected chi connectivity index (χ2v) is 5.27. The third-order valence-electron chi connectivity index (χ3n) is 3.88.